The van der Waals surface area contributed by atoms with Gasteiger partial charge in [-0.1, -0.05) is 30.0 Å². The first kappa shape index (κ1) is 25.0. The highest BCUT2D eigenvalue weighted by Gasteiger charge is 2.49. The fraction of sp³-hybridized carbons (Fsp3) is 0.355. The molecule has 2 fully saturated rings. The van der Waals surface area contributed by atoms with Crippen molar-refractivity contribution in [2.24, 2.45) is 0 Å². The molecule has 2 aliphatic heterocycles. The highest BCUT2D eigenvalue weighted by atomic mass is 16.5. The van der Waals surface area contributed by atoms with Crippen molar-refractivity contribution in [1.29, 1.82) is 0 Å². The third-order valence-corrected chi connectivity index (χ3v) is 7.54. The van der Waals surface area contributed by atoms with Gasteiger partial charge in [-0.2, -0.15) is 0 Å². The van der Waals surface area contributed by atoms with E-state index in [1.807, 2.05) is 41.3 Å². The Morgan fingerprint density at radius 3 is 2.38 bits per heavy atom. The lowest BCUT2D eigenvalue weighted by molar-refractivity contribution is -0.135. The van der Waals surface area contributed by atoms with Crippen molar-refractivity contribution in [3.05, 3.63) is 95.3 Å². The summed E-state index contributed by atoms with van der Waals surface area (Å²) in [6, 6.07) is 20.2. The van der Waals surface area contributed by atoms with Gasteiger partial charge < -0.3 is 14.7 Å². The highest BCUT2D eigenvalue weighted by Crippen LogP contribution is 2.42. The molecule has 6 nitrogen and oxygen atoms in total. The summed E-state index contributed by atoms with van der Waals surface area (Å²) in [4.78, 5) is 21.7. The first-order chi connectivity index (χ1) is 18.2. The van der Waals surface area contributed by atoms with Crippen molar-refractivity contribution in [3.63, 3.8) is 0 Å². The zero-order valence-electron chi connectivity index (χ0n) is 21.2. The molecule has 2 aromatic carbocycles. The van der Waals surface area contributed by atoms with Crippen molar-refractivity contribution in [2.45, 2.75) is 37.3 Å². The van der Waals surface area contributed by atoms with Crippen molar-refractivity contribution < 1.29 is 14.6 Å². The fourth-order valence-electron chi connectivity index (χ4n) is 5.56. The van der Waals surface area contributed by atoms with Gasteiger partial charge in [0.1, 0.15) is 5.75 Å². The van der Waals surface area contributed by atoms with E-state index in [0.29, 0.717) is 13.0 Å². The first-order valence-electron chi connectivity index (χ1n) is 13.0. The Bertz CT molecular complexity index is 1250. The molecule has 0 unspecified atom stereocenters. The molecule has 190 valence electrons. The number of rotatable bonds is 5. The lowest BCUT2D eigenvalue weighted by Gasteiger charge is -2.57. The molecule has 5 rings (SSSR count). The van der Waals surface area contributed by atoms with E-state index < -0.39 is 0 Å². The van der Waals surface area contributed by atoms with E-state index in [9.17, 15) is 9.90 Å². The molecular formula is C31H33N3O3. The number of aliphatic hydroxyl groups excluding tert-OH is 1. The number of fused-ring (bicyclic) bond motifs is 1. The predicted octanol–water partition coefficient (Wildman–Crippen LogP) is 3.48. The Morgan fingerprint density at radius 1 is 1.03 bits per heavy atom. The Morgan fingerprint density at radius 2 is 1.73 bits per heavy atom. The lowest BCUT2D eigenvalue weighted by Crippen LogP contribution is -2.68. The summed E-state index contributed by atoms with van der Waals surface area (Å²) in [7, 11) is 1.65. The molecule has 1 amide bonds. The van der Waals surface area contributed by atoms with Gasteiger partial charge in [-0.25, -0.2) is 0 Å². The van der Waals surface area contributed by atoms with Gasteiger partial charge >= 0.3 is 0 Å². The molecule has 1 N–H and O–H groups in total. The molecule has 3 atom stereocenters. The summed E-state index contributed by atoms with van der Waals surface area (Å²) < 4.78 is 5.21. The third-order valence-electron chi connectivity index (χ3n) is 7.54. The zero-order valence-corrected chi connectivity index (χ0v) is 21.2. The topological polar surface area (TPSA) is 65.9 Å². The molecular weight excluding hydrogens is 462 g/mol. The standard InChI is InChI=1S/C31H33N3O3/c1-37-27-14-10-24(11-15-27)7-6-23-8-12-26(13-9-23)31-28-21-33(17-2-3-18-34(28)29(31)22-35)30(36)19-25-5-4-16-32-20-25/h4-5,8-16,20,28-29,31,35H,2-3,17-19,21-22H2,1H3/t28-,29+,31+/m0/s1. The number of hydrogen-bond donors (Lipinski definition) is 1. The zero-order chi connectivity index (χ0) is 25.6. The van der Waals surface area contributed by atoms with Crippen LogP contribution in [0, 0.1) is 11.8 Å². The molecule has 2 saturated heterocycles. The molecule has 0 aliphatic carbocycles. The van der Waals surface area contributed by atoms with E-state index in [1.54, 1.807) is 19.5 Å². The Kier molecular flexibility index (Phi) is 7.84. The van der Waals surface area contributed by atoms with Crippen LogP contribution in [0.4, 0.5) is 0 Å². The van der Waals surface area contributed by atoms with Crippen LogP contribution in [0.1, 0.15) is 41.0 Å². The van der Waals surface area contributed by atoms with Gasteiger partial charge in [0.2, 0.25) is 5.91 Å². The minimum atomic E-state index is 0.0783. The van der Waals surface area contributed by atoms with Gasteiger partial charge in [-0.3, -0.25) is 14.7 Å². The number of methoxy groups -OCH3 is 1. The smallest absolute Gasteiger partial charge is 0.227 e. The van der Waals surface area contributed by atoms with E-state index in [2.05, 4.69) is 46.0 Å². The maximum atomic E-state index is 13.2. The Labute approximate surface area is 218 Å². The van der Waals surface area contributed by atoms with Crippen LogP contribution >= 0.6 is 0 Å². The quantitative estimate of drug-likeness (QED) is 0.549. The fourth-order valence-corrected chi connectivity index (χ4v) is 5.56. The first-order valence-corrected chi connectivity index (χ1v) is 13.0. The Balaban J connectivity index is 1.30. The number of hydrogen-bond acceptors (Lipinski definition) is 5. The maximum absolute atomic E-state index is 13.2. The molecule has 0 bridgehead atoms. The SMILES string of the molecule is COc1ccc(C#Cc2ccc([C@H]3[C@@H](CO)N4CCCCN(C(=O)Cc5cccnc5)C[C@@H]34)cc2)cc1. The molecule has 3 heterocycles. The molecule has 6 heteroatoms. The van der Waals surface area contributed by atoms with Crippen LogP contribution in [-0.2, 0) is 11.2 Å². The van der Waals surface area contributed by atoms with E-state index in [4.69, 9.17) is 4.74 Å². The van der Waals surface area contributed by atoms with Gasteiger partial charge in [0.05, 0.1) is 20.1 Å². The highest BCUT2D eigenvalue weighted by molar-refractivity contribution is 5.78. The minimum Gasteiger partial charge on any atom is -0.497 e. The maximum Gasteiger partial charge on any atom is 0.227 e. The minimum absolute atomic E-state index is 0.0783. The number of aromatic nitrogens is 1. The number of benzene rings is 2. The third kappa shape index (κ3) is 5.69. The van der Waals surface area contributed by atoms with Crippen molar-refractivity contribution in [2.75, 3.05) is 33.4 Å². The van der Waals surface area contributed by atoms with Crippen LogP contribution in [0.15, 0.2) is 73.1 Å². The number of aliphatic hydroxyl groups is 1. The molecule has 1 aromatic heterocycles. The number of amides is 1. The largest absolute Gasteiger partial charge is 0.497 e. The van der Waals surface area contributed by atoms with Crippen LogP contribution < -0.4 is 4.74 Å². The second-order valence-electron chi connectivity index (χ2n) is 9.77. The number of nitrogens with zero attached hydrogens (tertiary/aromatic N) is 3. The monoisotopic (exact) mass is 495 g/mol. The summed E-state index contributed by atoms with van der Waals surface area (Å²) in [5, 5.41) is 10.2. The second-order valence-corrected chi connectivity index (χ2v) is 9.77. The summed E-state index contributed by atoms with van der Waals surface area (Å²) in [6.45, 7) is 2.53. The van der Waals surface area contributed by atoms with Crippen LogP contribution in [-0.4, -0.2) is 71.2 Å². The summed E-state index contributed by atoms with van der Waals surface area (Å²) in [5.41, 5.74) is 4.01. The van der Waals surface area contributed by atoms with Crippen LogP contribution in [0.3, 0.4) is 0 Å². The predicted molar refractivity (Wildman–Crippen MR) is 143 cm³/mol. The summed E-state index contributed by atoms with van der Waals surface area (Å²) >= 11 is 0. The molecule has 37 heavy (non-hydrogen) atoms. The van der Waals surface area contributed by atoms with E-state index in [0.717, 1.165) is 48.4 Å². The molecule has 3 aromatic rings. The lowest BCUT2D eigenvalue weighted by atomic mass is 9.74. The van der Waals surface area contributed by atoms with Gasteiger partial charge in [-0.05, 0) is 73.0 Å². The average Bonchev–Trinajstić information content (AvgIpc) is 2.92. The Hall–Kier alpha value is -3.66. The van der Waals surface area contributed by atoms with Gasteiger partial charge in [-0.15, -0.1) is 0 Å². The van der Waals surface area contributed by atoms with Gasteiger partial charge in [0, 0.05) is 54.6 Å². The number of pyridine rings is 1. The van der Waals surface area contributed by atoms with E-state index in [-0.39, 0.29) is 30.5 Å². The van der Waals surface area contributed by atoms with Gasteiger partial charge in [0.25, 0.3) is 0 Å². The molecule has 0 spiro atoms. The summed E-state index contributed by atoms with van der Waals surface area (Å²) in [5.74, 6) is 7.58. The van der Waals surface area contributed by atoms with Gasteiger partial charge in [0.15, 0.2) is 0 Å². The van der Waals surface area contributed by atoms with Crippen LogP contribution in [0.5, 0.6) is 5.75 Å². The van der Waals surface area contributed by atoms with Crippen LogP contribution in [0.25, 0.3) is 0 Å². The number of carbonyl (C=O) groups is 1. The van der Waals surface area contributed by atoms with E-state index in [1.165, 1.54) is 5.56 Å². The summed E-state index contributed by atoms with van der Waals surface area (Å²) in [6.07, 6.45) is 5.87. The average molecular weight is 496 g/mol. The molecule has 0 saturated carbocycles. The van der Waals surface area contributed by atoms with Crippen LogP contribution in [0.2, 0.25) is 0 Å². The normalized spacial score (nSPS) is 21.5. The number of carbonyl (C=O) groups excluding carboxylic acids is 1. The number of ether oxygens (including phenoxy) is 1. The van der Waals surface area contributed by atoms with Crippen molar-refractivity contribution in [3.8, 4) is 17.6 Å². The second kappa shape index (κ2) is 11.6. The van der Waals surface area contributed by atoms with Crippen molar-refractivity contribution in [1.82, 2.24) is 14.8 Å². The van der Waals surface area contributed by atoms with Crippen molar-refractivity contribution >= 4 is 5.91 Å². The molecule has 2 aliphatic rings. The molecule has 0 radical (unpaired) electrons. The van der Waals surface area contributed by atoms with E-state index >= 15 is 0 Å².